The Morgan fingerprint density at radius 3 is 2.67 bits per heavy atom. The Bertz CT molecular complexity index is 296. The monoisotopic (exact) mass is 227 g/mol. The summed E-state index contributed by atoms with van der Waals surface area (Å²) in [5.74, 6) is 0.550. The molecule has 0 aromatic carbocycles. The van der Waals surface area contributed by atoms with Crippen LogP contribution >= 0.6 is 11.8 Å². The van der Waals surface area contributed by atoms with Gasteiger partial charge in [-0.1, -0.05) is 17.8 Å². The minimum atomic E-state index is -0.204. The highest BCUT2D eigenvalue weighted by Gasteiger charge is 2.35. The van der Waals surface area contributed by atoms with E-state index in [-0.39, 0.29) is 11.6 Å². The zero-order chi connectivity index (χ0) is 11.6. The van der Waals surface area contributed by atoms with Crippen molar-refractivity contribution < 1.29 is 4.79 Å². The third-order valence-corrected chi connectivity index (χ3v) is 3.04. The molecule has 0 aliphatic carbocycles. The van der Waals surface area contributed by atoms with Crippen molar-refractivity contribution in [3.05, 3.63) is 12.7 Å². The molecule has 1 rings (SSSR count). The van der Waals surface area contributed by atoms with Crippen LogP contribution in [0.15, 0.2) is 12.7 Å². The Hall–Kier alpha value is -0.970. The summed E-state index contributed by atoms with van der Waals surface area (Å²) in [5.41, 5.74) is -0.204. The van der Waals surface area contributed by atoms with Gasteiger partial charge in [-0.05, 0) is 20.8 Å². The van der Waals surface area contributed by atoms with E-state index in [9.17, 15) is 4.79 Å². The van der Waals surface area contributed by atoms with Gasteiger partial charge in [0.15, 0.2) is 5.17 Å². The van der Waals surface area contributed by atoms with Gasteiger partial charge in [-0.3, -0.25) is 10.3 Å². The van der Waals surface area contributed by atoms with Crippen LogP contribution in [0.3, 0.4) is 0 Å². The van der Waals surface area contributed by atoms with Gasteiger partial charge in [-0.25, -0.2) is 4.79 Å². The van der Waals surface area contributed by atoms with Crippen LogP contribution in [0.25, 0.3) is 0 Å². The number of nitrogens with zero attached hydrogens (tertiary/aromatic N) is 2. The van der Waals surface area contributed by atoms with E-state index < -0.39 is 0 Å². The van der Waals surface area contributed by atoms with Crippen molar-refractivity contribution in [2.75, 3.05) is 12.4 Å². The summed E-state index contributed by atoms with van der Waals surface area (Å²) in [4.78, 5) is 15.2. The average molecular weight is 227 g/mol. The molecule has 5 heteroatoms. The van der Waals surface area contributed by atoms with Crippen molar-refractivity contribution in [3.8, 4) is 0 Å². The maximum Gasteiger partial charge on any atom is 0.327 e. The molecule has 0 spiro atoms. The van der Waals surface area contributed by atoms with E-state index in [1.165, 1.54) is 16.7 Å². The molecule has 15 heavy (non-hydrogen) atoms. The van der Waals surface area contributed by atoms with Crippen LogP contribution in [0.5, 0.6) is 0 Å². The lowest BCUT2D eigenvalue weighted by atomic mass is 10.1. The second-order valence-electron chi connectivity index (χ2n) is 4.36. The number of carbonyl (C=O) groups excluding carboxylic acids is 1. The highest BCUT2D eigenvalue weighted by atomic mass is 32.2. The molecule has 0 bridgehead atoms. The van der Waals surface area contributed by atoms with E-state index in [0.717, 1.165) is 0 Å². The van der Waals surface area contributed by atoms with Crippen LogP contribution in [0.1, 0.15) is 20.8 Å². The molecule has 1 heterocycles. The predicted molar refractivity (Wildman–Crippen MR) is 64.1 cm³/mol. The summed E-state index contributed by atoms with van der Waals surface area (Å²) in [6, 6.07) is -0.105. The van der Waals surface area contributed by atoms with Crippen molar-refractivity contribution in [3.63, 3.8) is 0 Å². The van der Waals surface area contributed by atoms with Crippen molar-refractivity contribution >= 4 is 23.0 Å². The summed E-state index contributed by atoms with van der Waals surface area (Å²) in [6.45, 7) is 9.97. The fourth-order valence-corrected chi connectivity index (χ4v) is 2.32. The number of hydrogen-bond acceptors (Lipinski definition) is 3. The first-order valence-corrected chi connectivity index (χ1v) is 5.78. The first-order chi connectivity index (χ1) is 6.88. The SMILES string of the molecule is C=CCN1C(=N)SCN(C(C)(C)C)C1=O. The second-order valence-corrected chi connectivity index (χ2v) is 5.29. The molecule has 0 saturated carbocycles. The fraction of sp³-hybridized carbons (Fsp3) is 0.600. The largest absolute Gasteiger partial charge is 0.327 e. The van der Waals surface area contributed by atoms with Gasteiger partial charge in [-0.2, -0.15) is 0 Å². The highest BCUT2D eigenvalue weighted by molar-refractivity contribution is 8.13. The maximum absolute atomic E-state index is 12.0. The summed E-state index contributed by atoms with van der Waals surface area (Å²) < 4.78 is 0. The van der Waals surface area contributed by atoms with Gasteiger partial charge < -0.3 is 4.90 Å². The lowest BCUT2D eigenvalue weighted by Crippen LogP contribution is -2.56. The minimum Gasteiger partial charge on any atom is -0.310 e. The van der Waals surface area contributed by atoms with Gasteiger partial charge in [0.25, 0.3) is 0 Å². The van der Waals surface area contributed by atoms with E-state index >= 15 is 0 Å². The van der Waals surface area contributed by atoms with Gasteiger partial charge in [0, 0.05) is 12.1 Å². The number of carbonyl (C=O) groups is 1. The Labute approximate surface area is 94.8 Å². The normalized spacial score (nSPS) is 18.3. The van der Waals surface area contributed by atoms with E-state index in [1.54, 1.807) is 11.0 Å². The molecule has 0 radical (unpaired) electrons. The smallest absolute Gasteiger partial charge is 0.310 e. The molecule has 0 aromatic heterocycles. The average Bonchev–Trinajstić information content (AvgIpc) is 2.09. The predicted octanol–water partition coefficient (Wildman–Crippen LogP) is 2.33. The van der Waals surface area contributed by atoms with E-state index in [4.69, 9.17) is 5.41 Å². The maximum atomic E-state index is 12.0. The zero-order valence-electron chi connectivity index (χ0n) is 9.41. The molecule has 1 aliphatic heterocycles. The van der Waals surface area contributed by atoms with Gasteiger partial charge in [-0.15, -0.1) is 6.58 Å². The molecule has 84 valence electrons. The topological polar surface area (TPSA) is 47.4 Å². The Morgan fingerprint density at radius 2 is 2.20 bits per heavy atom. The van der Waals surface area contributed by atoms with Crippen LogP contribution in [-0.2, 0) is 0 Å². The van der Waals surface area contributed by atoms with Gasteiger partial charge in [0.1, 0.15) is 0 Å². The molecule has 2 amide bonds. The summed E-state index contributed by atoms with van der Waals surface area (Å²) in [5, 5.41) is 7.97. The summed E-state index contributed by atoms with van der Waals surface area (Å²) in [7, 11) is 0. The van der Waals surface area contributed by atoms with Crippen molar-refractivity contribution in [1.29, 1.82) is 5.41 Å². The Kier molecular flexibility index (Phi) is 3.44. The lowest BCUT2D eigenvalue weighted by Gasteiger charge is -2.42. The van der Waals surface area contributed by atoms with Crippen molar-refractivity contribution in [1.82, 2.24) is 9.80 Å². The molecular formula is C10H17N3OS. The zero-order valence-corrected chi connectivity index (χ0v) is 10.2. The number of thioether (sulfide) groups is 1. The van der Waals surface area contributed by atoms with E-state index in [0.29, 0.717) is 17.6 Å². The molecule has 0 aromatic rings. The van der Waals surface area contributed by atoms with Gasteiger partial charge in [0.05, 0.1) is 5.88 Å². The highest BCUT2D eigenvalue weighted by Crippen LogP contribution is 2.25. The molecule has 0 atom stereocenters. The summed E-state index contributed by atoms with van der Waals surface area (Å²) in [6.07, 6.45) is 1.64. The number of urea groups is 1. The third kappa shape index (κ3) is 2.53. The molecule has 1 fully saturated rings. The van der Waals surface area contributed by atoms with Crippen LogP contribution in [0, 0.1) is 5.41 Å². The number of nitrogens with one attached hydrogen (secondary N) is 1. The number of amidine groups is 1. The van der Waals surface area contributed by atoms with Crippen LogP contribution in [0.2, 0.25) is 0 Å². The molecule has 1 aliphatic rings. The van der Waals surface area contributed by atoms with E-state index in [1.807, 2.05) is 20.8 Å². The van der Waals surface area contributed by atoms with Crippen molar-refractivity contribution in [2.45, 2.75) is 26.3 Å². The minimum absolute atomic E-state index is 0.105. The molecule has 4 nitrogen and oxygen atoms in total. The number of rotatable bonds is 2. The van der Waals surface area contributed by atoms with Crippen molar-refractivity contribution in [2.24, 2.45) is 0 Å². The van der Waals surface area contributed by atoms with Crippen LogP contribution in [0.4, 0.5) is 4.79 Å². The van der Waals surface area contributed by atoms with Crippen LogP contribution in [-0.4, -0.2) is 39.0 Å². The first-order valence-electron chi connectivity index (χ1n) is 4.79. The molecule has 1 N–H and O–H groups in total. The summed E-state index contributed by atoms with van der Waals surface area (Å²) >= 11 is 1.37. The molecular weight excluding hydrogens is 210 g/mol. The fourth-order valence-electron chi connectivity index (χ4n) is 1.26. The molecule has 1 saturated heterocycles. The third-order valence-electron chi connectivity index (χ3n) is 2.16. The Morgan fingerprint density at radius 1 is 1.60 bits per heavy atom. The molecule has 0 unspecified atom stereocenters. The second kappa shape index (κ2) is 4.26. The number of amides is 2. The van der Waals surface area contributed by atoms with Gasteiger partial charge >= 0.3 is 6.03 Å². The van der Waals surface area contributed by atoms with Gasteiger partial charge in [0.2, 0.25) is 0 Å². The van der Waals surface area contributed by atoms with E-state index in [2.05, 4.69) is 6.58 Å². The lowest BCUT2D eigenvalue weighted by molar-refractivity contribution is 0.141. The Balaban J connectivity index is 2.86. The quantitative estimate of drug-likeness (QED) is 0.736. The number of hydrogen-bond donors (Lipinski definition) is 1. The first kappa shape index (κ1) is 12.1. The standard InChI is InChI=1S/C10H17N3OS/c1-5-6-12-8(11)15-7-13(9(12)14)10(2,3)4/h5,11H,1,6-7H2,2-4H3. The van der Waals surface area contributed by atoms with Crippen LogP contribution < -0.4 is 0 Å².